The second-order valence-corrected chi connectivity index (χ2v) is 10.8. The molecule has 1 fully saturated rings. The van der Waals surface area contributed by atoms with Gasteiger partial charge in [0.2, 0.25) is 0 Å². The van der Waals surface area contributed by atoms with E-state index in [-0.39, 0.29) is 15.8 Å². The van der Waals surface area contributed by atoms with Crippen molar-refractivity contribution in [1.29, 1.82) is 0 Å². The molecule has 1 aliphatic rings. The van der Waals surface area contributed by atoms with Gasteiger partial charge in [0.25, 0.3) is 0 Å². The number of hydrogen-bond donors (Lipinski definition) is 0. The van der Waals surface area contributed by atoms with Crippen molar-refractivity contribution in [3.05, 3.63) is 48.7 Å². The predicted octanol–water partition coefficient (Wildman–Crippen LogP) is 5.28. The van der Waals surface area contributed by atoms with E-state index in [1.54, 1.807) is 0 Å². The van der Waals surface area contributed by atoms with Crippen molar-refractivity contribution in [3.63, 3.8) is 0 Å². The third kappa shape index (κ3) is 3.34. The number of oxazole rings is 1. The molecule has 0 bridgehead atoms. The molecule has 0 N–H and O–H groups in total. The number of nitrogens with zero attached hydrogens (tertiary/aromatic N) is 2. The van der Waals surface area contributed by atoms with Crippen molar-refractivity contribution in [1.82, 2.24) is 9.55 Å². The van der Waals surface area contributed by atoms with Crippen LogP contribution in [-0.2, 0) is 6.54 Å². The molecule has 27 heavy (non-hydrogen) atoms. The fourth-order valence-corrected chi connectivity index (χ4v) is 7.18. The molecule has 2 aromatic carbocycles. The summed E-state index contributed by atoms with van der Waals surface area (Å²) in [7, 11) is 0. The summed E-state index contributed by atoms with van der Waals surface area (Å²) in [4.78, 5) is 4.86. The normalized spacial score (nSPS) is 16.2. The number of hydrogen-bond acceptors (Lipinski definition) is 2. The Balaban J connectivity index is 1.45. The number of benzene rings is 2. The summed E-state index contributed by atoms with van der Waals surface area (Å²) in [5.74, 6) is 0. The van der Waals surface area contributed by atoms with Gasteiger partial charge in [0.1, 0.15) is 0 Å². The third-order valence-corrected chi connectivity index (χ3v) is 8.80. The molecule has 1 aliphatic carbocycles. The molecule has 0 aliphatic heterocycles. The molecular formula is C23H25AsN2O. The van der Waals surface area contributed by atoms with Gasteiger partial charge < -0.3 is 0 Å². The van der Waals surface area contributed by atoms with E-state index in [0.717, 1.165) is 27.0 Å². The summed E-state index contributed by atoms with van der Waals surface area (Å²) in [5, 5.41) is 1.29. The van der Waals surface area contributed by atoms with Crippen molar-refractivity contribution >= 4 is 42.4 Å². The van der Waals surface area contributed by atoms with Gasteiger partial charge in [0, 0.05) is 0 Å². The Kier molecular flexibility index (Phi) is 4.57. The van der Waals surface area contributed by atoms with Gasteiger partial charge in [-0.1, -0.05) is 0 Å². The van der Waals surface area contributed by atoms with E-state index in [2.05, 4.69) is 60.2 Å². The standard InChI is InChI=1S/C23H25AsN2O/c1-2-26-13-12-18-14-16(8-10-21(18)26)17-9-11-22-20(15-17)25-23(27-22)24-19-6-4-3-5-7-19/h8-15,19,24H,2-7H2,1H3. The third-order valence-electron chi connectivity index (χ3n) is 5.77. The average Bonchev–Trinajstić information content (AvgIpc) is 3.30. The van der Waals surface area contributed by atoms with Gasteiger partial charge in [-0.15, -0.1) is 0 Å². The second-order valence-electron chi connectivity index (χ2n) is 7.56. The zero-order valence-electron chi connectivity index (χ0n) is 15.7. The van der Waals surface area contributed by atoms with Crippen LogP contribution in [0.25, 0.3) is 33.1 Å². The Morgan fingerprint density at radius 1 is 1.04 bits per heavy atom. The van der Waals surface area contributed by atoms with E-state index >= 15 is 0 Å². The first kappa shape index (κ1) is 17.1. The molecule has 3 nitrogen and oxygen atoms in total. The fraction of sp³-hybridized carbons (Fsp3) is 0.348. The van der Waals surface area contributed by atoms with Gasteiger partial charge in [-0.25, -0.2) is 0 Å². The topological polar surface area (TPSA) is 31.0 Å². The van der Waals surface area contributed by atoms with Crippen LogP contribution in [-0.4, -0.2) is 25.3 Å². The zero-order chi connectivity index (χ0) is 18.2. The molecule has 2 heterocycles. The van der Waals surface area contributed by atoms with Crippen LogP contribution >= 0.6 is 0 Å². The molecule has 5 rings (SSSR count). The molecule has 0 spiro atoms. The van der Waals surface area contributed by atoms with Gasteiger partial charge >= 0.3 is 166 Å². The Morgan fingerprint density at radius 2 is 1.85 bits per heavy atom. The van der Waals surface area contributed by atoms with Crippen LogP contribution in [0.4, 0.5) is 0 Å². The van der Waals surface area contributed by atoms with E-state index in [4.69, 9.17) is 9.40 Å². The summed E-state index contributed by atoms with van der Waals surface area (Å²) in [6.07, 6.45) is 9.10. The van der Waals surface area contributed by atoms with Crippen molar-refractivity contribution in [3.8, 4) is 11.1 Å². The van der Waals surface area contributed by atoms with Gasteiger partial charge in [0.15, 0.2) is 0 Å². The SMILES string of the molecule is CCn1ccc2cc(-c3ccc4oc([AsH]C5CCCCC5)nc4c3)ccc21. The van der Waals surface area contributed by atoms with E-state index in [1.165, 1.54) is 54.1 Å². The van der Waals surface area contributed by atoms with Gasteiger partial charge in [0.05, 0.1) is 0 Å². The van der Waals surface area contributed by atoms with Crippen LogP contribution in [0.5, 0.6) is 0 Å². The van der Waals surface area contributed by atoms with Crippen LogP contribution in [0.3, 0.4) is 0 Å². The average molecular weight is 420 g/mol. The molecule has 138 valence electrons. The summed E-state index contributed by atoms with van der Waals surface area (Å²) in [6.45, 7) is 3.18. The number of fused-ring (bicyclic) bond motifs is 2. The summed E-state index contributed by atoms with van der Waals surface area (Å²) in [5.41, 5.74) is 5.70. The first-order chi connectivity index (χ1) is 13.3. The van der Waals surface area contributed by atoms with Gasteiger partial charge in [-0.3, -0.25) is 0 Å². The van der Waals surface area contributed by atoms with E-state index in [9.17, 15) is 0 Å². The van der Waals surface area contributed by atoms with Crippen molar-refractivity contribution in [2.24, 2.45) is 0 Å². The summed E-state index contributed by atoms with van der Waals surface area (Å²) in [6, 6.07) is 15.4. The van der Waals surface area contributed by atoms with Crippen LogP contribution in [0, 0.1) is 0 Å². The zero-order valence-corrected chi connectivity index (χ0v) is 17.8. The van der Waals surface area contributed by atoms with Crippen LogP contribution in [0.15, 0.2) is 53.1 Å². The maximum atomic E-state index is 6.09. The predicted molar refractivity (Wildman–Crippen MR) is 114 cm³/mol. The Labute approximate surface area is 166 Å². The van der Waals surface area contributed by atoms with E-state index < -0.39 is 0 Å². The first-order valence-corrected chi connectivity index (χ1v) is 12.3. The van der Waals surface area contributed by atoms with E-state index in [1.807, 2.05) is 0 Å². The monoisotopic (exact) mass is 420 g/mol. The Morgan fingerprint density at radius 3 is 2.70 bits per heavy atom. The molecule has 4 aromatic rings. The molecule has 2 aromatic heterocycles. The molecule has 1 saturated carbocycles. The molecule has 4 heteroatoms. The Hall–Kier alpha value is -1.99. The van der Waals surface area contributed by atoms with Crippen molar-refractivity contribution in [2.75, 3.05) is 0 Å². The maximum absolute atomic E-state index is 6.09. The van der Waals surface area contributed by atoms with Crippen LogP contribution in [0.2, 0.25) is 4.71 Å². The van der Waals surface area contributed by atoms with Gasteiger partial charge in [-0.05, 0) is 0 Å². The first-order valence-electron chi connectivity index (χ1n) is 10.1. The number of aromatic nitrogens is 2. The van der Waals surface area contributed by atoms with Crippen molar-refractivity contribution in [2.45, 2.75) is 50.3 Å². The quantitative estimate of drug-likeness (QED) is 0.421. The molecule has 1 atom stereocenters. The molecule has 0 saturated heterocycles. The van der Waals surface area contributed by atoms with Gasteiger partial charge in [-0.2, -0.15) is 0 Å². The summed E-state index contributed by atoms with van der Waals surface area (Å²) < 4.78 is 10.3. The van der Waals surface area contributed by atoms with Crippen LogP contribution in [0.1, 0.15) is 39.0 Å². The molecule has 0 amide bonds. The minimum absolute atomic E-state index is 0.261. The molecule has 1 unspecified atom stereocenters. The van der Waals surface area contributed by atoms with Crippen LogP contribution < -0.4 is 4.68 Å². The number of aryl methyl sites for hydroxylation is 1. The Bertz CT molecular complexity index is 1090. The summed E-state index contributed by atoms with van der Waals surface area (Å²) >= 11 is -0.261. The number of rotatable bonds is 4. The second kappa shape index (κ2) is 7.20. The molecular weight excluding hydrogens is 395 g/mol. The molecule has 0 radical (unpaired) electrons. The fourth-order valence-electron chi connectivity index (χ4n) is 4.25. The minimum atomic E-state index is -0.261. The van der Waals surface area contributed by atoms with Crippen molar-refractivity contribution < 1.29 is 4.42 Å². The van der Waals surface area contributed by atoms with E-state index in [0.29, 0.717) is 0 Å².